The van der Waals surface area contributed by atoms with Gasteiger partial charge in [-0.3, -0.25) is 19.7 Å². The molecule has 0 bridgehead atoms. The van der Waals surface area contributed by atoms with E-state index in [-0.39, 0.29) is 22.7 Å². The van der Waals surface area contributed by atoms with Crippen molar-refractivity contribution < 1.29 is 19.6 Å². The van der Waals surface area contributed by atoms with E-state index >= 15 is 0 Å². The number of nitro groups is 1. The number of nitro benzene ring substituents is 1. The summed E-state index contributed by atoms with van der Waals surface area (Å²) in [6.45, 7) is 0. The van der Waals surface area contributed by atoms with Crippen LogP contribution in [-0.4, -0.2) is 28.1 Å². The van der Waals surface area contributed by atoms with Crippen LogP contribution >= 0.6 is 11.3 Å². The first-order valence-corrected chi connectivity index (χ1v) is 9.74. The Kier molecular flexibility index (Phi) is 6.86. The summed E-state index contributed by atoms with van der Waals surface area (Å²) in [5.74, 6) is -1.42. The van der Waals surface area contributed by atoms with E-state index in [1.165, 1.54) is 17.4 Å². The van der Waals surface area contributed by atoms with Crippen LogP contribution in [0.3, 0.4) is 0 Å². The summed E-state index contributed by atoms with van der Waals surface area (Å²) in [7, 11) is 0. The normalized spacial score (nSPS) is 11.3. The Balaban J connectivity index is 1.78. The van der Waals surface area contributed by atoms with Crippen molar-refractivity contribution in [3.63, 3.8) is 0 Å². The highest BCUT2D eigenvalue weighted by Gasteiger charge is 2.15. The molecule has 10 heteroatoms. The van der Waals surface area contributed by atoms with Crippen molar-refractivity contribution in [2.24, 2.45) is 5.10 Å². The zero-order chi connectivity index (χ0) is 22.2. The second-order valence-corrected chi connectivity index (χ2v) is 7.07. The number of hydrogen-bond donors (Lipinski definition) is 3. The number of rotatable bonds is 7. The minimum absolute atomic E-state index is 0.0447. The molecular weight excluding hydrogens is 420 g/mol. The molecule has 3 rings (SSSR count). The van der Waals surface area contributed by atoms with Gasteiger partial charge in [0.05, 0.1) is 11.1 Å². The van der Waals surface area contributed by atoms with E-state index in [2.05, 4.69) is 15.8 Å². The van der Waals surface area contributed by atoms with Crippen molar-refractivity contribution in [2.45, 2.75) is 0 Å². The maximum Gasteiger partial charge on any atom is 0.287 e. The van der Waals surface area contributed by atoms with Crippen molar-refractivity contribution >= 4 is 41.1 Å². The molecule has 9 nitrogen and oxygen atoms in total. The fourth-order valence-electron chi connectivity index (χ4n) is 2.44. The van der Waals surface area contributed by atoms with Crippen LogP contribution in [0.2, 0.25) is 0 Å². The number of hydrazone groups is 1. The Morgan fingerprint density at radius 3 is 2.55 bits per heavy atom. The SMILES string of the molecule is O=C(NN=Cc1cc([N+](=O)[O-])ccc1O)/C(=C/c1cccs1)NC(=O)c1ccccc1. The Morgan fingerprint density at radius 1 is 1.10 bits per heavy atom. The summed E-state index contributed by atoms with van der Waals surface area (Å²) in [5.41, 5.74) is 2.39. The Bertz CT molecular complexity index is 1160. The third-order valence-corrected chi connectivity index (χ3v) is 4.77. The zero-order valence-electron chi connectivity index (χ0n) is 15.9. The van der Waals surface area contributed by atoms with Crippen LogP contribution in [0.15, 0.2) is 76.8 Å². The number of aromatic hydroxyl groups is 1. The minimum atomic E-state index is -0.709. The number of phenolic OH excluding ortho intramolecular Hbond substituents is 1. The van der Waals surface area contributed by atoms with Crippen molar-refractivity contribution in [1.29, 1.82) is 0 Å². The second-order valence-electron chi connectivity index (χ2n) is 6.09. The van der Waals surface area contributed by atoms with Crippen LogP contribution in [0.25, 0.3) is 6.08 Å². The first kappa shape index (κ1) is 21.4. The van der Waals surface area contributed by atoms with Crippen molar-refractivity contribution in [2.75, 3.05) is 0 Å². The molecule has 0 unspecified atom stereocenters. The first-order chi connectivity index (χ1) is 14.9. The summed E-state index contributed by atoms with van der Waals surface area (Å²) in [6, 6.07) is 15.4. The van der Waals surface area contributed by atoms with Gasteiger partial charge in [-0.25, -0.2) is 5.43 Å². The molecule has 2 aromatic carbocycles. The molecule has 3 aromatic rings. The Morgan fingerprint density at radius 2 is 1.87 bits per heavy atom. The predicted octanol–water partition coefficient (Wildman–Crippen LogP) is 3.28. The van der Waals surface area contributed by atoms with Gasteiger partial charge in [-0.05, 0) is 35.7 Å². The van der Waals surface area contributed by atoms with Crippen molar-refractivity contribution in [3.8, 4) is 5.75 Å². The third-order valence-electron chi connectivity index (χ3n) is 3.95. The number of nitrogens with one attached hydrogen (secondary N) is 2. The lowest BCUT2D eigenvalue weighted by Crippen LogP contribution is -2.32. The molecule has 0 aliphatic rings. The zero-order valence-corrected chi connectivity index (χ0v) is 16.7. The van der Waals surface area contributed by atoms with Gasteiger partial charge in [0.25, 0.3) is 17.5 Å². The van der Waals surface area contributed by atoms with E-state index in [0.717, 1.165) is 29.3 Å². The molecule has 1 heterocycles. The predicted molar refractivity (Wildman–Crippen MR) is 117 cm³/mol. The van der Waals surface area contributed by atoms with E-state index in [9.17, 15) is 24.8 Å². The largest absolute Gasteiger partial charge is 0.507 e. The van der Waals surface area contributed by atoms with Gasteiger partial charge in [0.2, 0.25) is 0 Å². The van der Waals surface area contributed by atoms with Crippen molar-refractivity contribution in [1.82, 2.24) is 10.7 Å². The van der Waals surface area contributed by atoms with E-state index in [1.807, 2.05) is 5.38 Å². The van der Waals surface area contributed by atoms with Crippen LogP contribution in [0.4, 0.5) is 5.69 Å². The number of nitrogens with zero attached hydrogens (tertiary/aromatic N) is 2. The van der Waals surface area contributed by atoms with Crippen molar-refractivity contribution in [3.05, 3.63) is 97.9 Å². The summed E-state index contributed by atoms with van der Waals surface area (Å²) < 4.78 is 0. The number of carbonyl (C=O) groups is 2. The molecule has 156 valence electrons. The van der Waals surface area contributed by atoms with E-state index in [4.69, 9.17) is 0 Å². The van der Waals surface area contributed by atoms with Gasteiger partial charge in [-0.15, -0.1) is 11.3 Å². The van der Waals surface area contributed by atoms with Crippen LogP contribution < -0.4 is 10.7 Å². The van der Waals surface area contributed by atoms with Gasteiger partial charge < -0.3 is 10.4 Å². The summed E-state index contributed by atoms with van der Waals surface area (Å²) in [6.07, 6.45) is 2.57. The molecule has 0 aliphatic heterocycles. The first-order valence-electron chi connectivity index (χ1n) is 8.86. The van der Waals surface area contributed by atoms with Gasteiger partial charge in [0.15, 0.2) is 0 Å². The molecule has 0 aliphatic carbocycles. The molecule has 3 N–H and O–H groups in total. The molecule has 0 radical (unpaired) electrons. The molecule has 0 spiro atoms. The lowest BCUT2D eigenvalue weighted by Gasteiger charge is -2.08. The molecule has 31 heavy (non-hydrogen) atoms. The highest BCUT2D eigenvalue weighted by atomic mass is 32.1. The van der Waals surface area contributed by atoms with Gasteiger partial charge in [0, 0.05) is 28.1 Å². The third kappa shape index (κ3) is 5.84. The van der Waals surface area contributed by atoms with Crippen LogP contribution in [0, 0.1) is 10.1 Å². The maximum atomic E-state index is 12.6. The van der Waals surface area contributed by atoms with Gasteiger partial charge >= 0.3 is 0 Å². The molecule has 2 amide bonds. The maximum absolute atomic E-state index is 12.6. The monoisotopic (exact) mass is 436 g/mol. The molecule has 0 fully saturated rings. The lowest BCUT2D eigenvalue weighted by atomic mass is 10.2. The second kappa shape index (κ2) is 9.94. The highest BCUT2D eigenvalue weighted by molar-refractivity contribution is 7.10. The number of phenols is 1. The van der Waals surface area contributed by atoms with Crippen LogP contribution in [0.1, 0.15) is 20.8 Å². The molecule has 0 atom stereocenters. The Labute approximate surface area is 180 Å². The Hall–Kier alpha value is -4.31. The topological polar surface area (TPSA) is 134 Å². The number of thiophene rings is 1. The van der Waals surface area contributed by atoms with E-state index in [0.29, 0.717) is 5.56 Å². The smallest absolute Gasteiger partial charge is 0.287 e. The average Bonchev–Trinajstić information content (AvgIpc) is 3.28. The van der Waals surface area contributed by atoms with Crippen LogP contribution in [0.5, 0.6) is 5.75 Å². The standard InChI is InChI=1S/C21H16N4O5S/c26-19-9-8-16(25(29)30)11-15(19)13-22-24-21(28)18(12-17-7-4-10-31-17)23-20(27)14-5-2-1-3-6-14/h1-13,26H,(H,23,27)(H,24,28)/b18-12-,22-13?. The quantitative estimate of drug-likeness (QED) is 0.226. The lowest BCUT2D eigenvalue weighted by molar-refractivity contribution is -0.384. The van der Waals surface area contributed by atoms with Gasteiger partial charge in [-0.2, -0.15) is 5.10 Å². The van der Waals surface area contributed by atoms with E-state index in [1.54, 1.807) is 42.5 Å². The molecule has 0 saturated heterocycles. The fraction of sp³-hybridized carbons (Fsp3) is 0. The highest BCUT2D eigenvalue weighted by Crippen LogP contribution is 2.21. The van der Waals surface area contributed by atoms with Crippen LogP contribution in [-0.2, 0) is 4.79 Å². The van der Waals surface area contributed by atoms with Gasteiger partial charge in [0.1, 0.15) is 11.4 Å². The average molecular weight is 436 g/mol. The minimum Gasteiger partial charge on any atom is -0.507 e. The summed E-state index contributed by atoms with van der Waals surface area (Å²) in [5, 5.41) is 28.8. The summed E-state index contributed by atoms with van der Waals surface area (Å²) >= 11 is 1.38. The van der Waals surface area contributed by atoms with E-state index < -0.39 is 16.7 Å². The number of carbonyl (C=O) groups excluding carboxylic acids is 2. The molecule has 1 aromatic heterocycles. The number of non-ortho nitro benzene ring substituents is 1. The fourth-order valence-corrected chi connectivity index (χ4v) is 3.09. The molecular formula is C21H16N4O5S. The molecule has 0 saturated carbocycles. The number of amides is 2. The van der Waals surface area contributed by atoms with Gasteiger partial charge in [-0.1, -0.05) is 24.3 Å². The number of benzene rings is 2. The number of hydrogen-bond acceptors (Lipinski definition) is 7. The summed E-state index contributed by atoms with van der Waals surface area (Å²) in [4.78, 5) is 36.1.